The normalized spacial score (nSPS) is 16.6. The molecular weight excluding hydrogens is 280 g/mol. The highest BCUT2D eigenvalue weighted by Crippen LogP contribution is 2.25. The lowest BCUT2D eigenvalue weighted by atomic mass is 10.1. The number of hydrogen-bond acceptors (Lipinski definition) is 4. The fraction of sp³-hybridized carbons (Fsp3) is 0.167. The lowest BCUT2D eigenvalue weighted by Crippen LogP contribution is -2.05. The third kappa shape index (κ3) is 2.61. The highest BCUT2D eigenvalue weighted by atomic mass is 16.6. The third-order valence-corrected chi connectivity index (χ3v) is 3.60. The van der Waals surface area contributed by atoms with Crippen LogP contribution in [0.1, 0.15) is 0 Å². The van der Waals surface area contributed by atoms with Crippen molar-refractivity contribution < 1.29 is 13.9 Å². The van der Waals surface area contributed by atoms with Crippen LogP contribution in [0.4, 0.5) is 0 Å². The lowest BCUT2D eigenvalue weighted by Gasteiger charge is -2.06. The Kier molecular flexibility index (Phi) is 3.16. The Balaban J connectivity index is 1.75. The summed E-state index contributed by atoms with van der Waals surface area (Å²) in [5.74, 6) is 1.23. The van der Waals surface area contributed by atoms with Crippen molar-refractivity contribution in [2.45, 2.75) is 6.10 Å². The molecule has 0 aliphatic carbocycles. The molecule has 1 aliphatic heterocycles. The minimum Gasteiger partial charge on any atom is -0.491 e. The van der Waals surface area contributed by atoms with Gasteiger partial charge in [-0.3, -0.25) is 4.79 Å². The summed E-state index contributed by atoms with van der Waals surface area (Å²) in [7, 11) is 0. The van der Waals surface area contributed by atoms with Crippen LogP contribution in [-0.2, 0) is 4.74 Å². The van der Waals surface area contributed by atoms with E-state index >= 15 is 0 Å². The van der Waals surface area contributed by atoms with E-state index in [2.05, 4.69) is 0 Å². The summed E-state index contributed by atoms with van der Waals surface area (Å²) in [6, 6.07) is 16.4. The van der Waals surface area contributed by atoms with Gasteiger partial charge in [0.1, 0.15) is 29.8 Å². The first kappa shape index (κ1) is 13.1. The Morgan fingerprint density at radius 1 is 1.09 bits per heavy atom. The maximum atomic E-state index is 12.2. The van der Waals surface area contributed by atoms with Crippen LogP contribution in [0.3, 0.4) is 0 Å². The fourth-order valence-corrected chi connectivity index (χ4v) is 2.32. The van der Waals surface area contributed by atoms with Gasteiger partial charge < -0.3 is 13.9 Å². The molecule has 1 saturated heterocycles. The molecule has 22 heavy (non-hydrogen) atoms. The Morgan fingerprint density at radius 3 is 2.68 bits per heavy atom. The summed E-state index contributed by atoms with van der Waals surface area (Å²) in [4.78, 5) is 12.2. The van der Waals surface area contributed by atoms with Gasteiger partial charge in [-0.15, -0.1) is 0 Å². The van der Waals surface area contributed by atoms with E-state index in [0.717, 1.165) is 12.2 Å². The van der Waals surface area contributed by atoms with E-state index < -0.39 is 0 Å². The van der Waals surface area contributed by atoms with E-state index in [9.17, 15) is 4.79 Å². The monoisotopic (exact) mass is 294 g/mol. The number of rotatable bonds is 4. The van der Waals surface area contributed by atoms with E-state index in [0.29, 0.717) is 29.1 Å². The smallest absolute Gasteiger partial charge is 0.193 e. The predicted octanol–water partition coefficient (Wildman–Crippen LogP) is 3.24. The first-order chi connectivity index (χ1) is 10.8. The predicted molar refractivity (Wildman–Crippen MR) is 83.2 cm³/mol. The van der Waals surface area contributed by atoms with Crippen LogP contribution in [-0.4, -0.2) is 19.3 Å². The summed E-state index contributed by atoms with van der Waals surface area (Å²) >= 11 is 0. The molecule has 2 heterocycles. The number of hydrogen-bond donors (Lipinski definition) is 0. The Labute approximate surface area is 126 Å². The van der Waals surface area contributed by atoms with Crippen LogP contribution in [0, 0.1) is 0 Å². The molecule has 1 unspecified atom stereocenters. The van der Waals surface area contributed by atoms with Crippen molar-refractivity contribution in [3.63, 3.8) is 0 Å². The molecule has 1 aromatic heterocycles. The van der Waals surface area contributed by atoms with Crippen LogP contribution in [0.15, 0.2) is 63.8 Å². The van der Waals surface area contributed by atoms with Crippen molar-refractivity contribution >= 4 is 11.0 Å². The van der Waals surface area contributed by atoms with Crippen molar-refractivity contribution in [3.05, 3.63) is 64.8 Å². The molecular formula is C18H14O4. The van der Waals surface area contributed by atoms with Crippen molar-refractivity contribution in [2.75, 3.05) is 13.2 Å². The van der Waals surface area contributed by atoms with Crippen molar-refractivity contribution in [1.29, 1.82) is 0 Å². The zero-order chi connectivity index (χ0) is 14.9. The molecule has 4 heteroatoms. The lowest BCUT2D eigenvalue weighted by molar-refractivity contribution is 0.263. The highest BCUT2D eigenvalue weighted by molar-refractivity contribution is 5.80. The summed E-state index contributed by atoms with van der Waals surface area (Å²) in [5.41, 5.74) is 1.34. The molecule has 1 fully saturated rings. The van der Waals surface area contributed by atoms with Gasteiger partial charge in [0.15, 0.2) is 5.43 Å². The van der Waals surface area contributed by atoms with Crippen LogP contribution in [0.25, 0.3) is 22.3 Å². The maximum Gasteiger partial charge on any atom is 0.193 e. The number of fused-ring (bicyclic) bond motifs is 1. The van der Waals surface area contributed by atoms with Gasteiger partial charge in [0, 0.05) is 17.7 Å². The minimum absolute atomic E-state index is 0.0582. The Bertz CT molecular complexity index is 863. The molecule has 110 valence electrons. The van der Waals surface area contributed by atoms with Crippen molar-refractivity contribution in [1.82, 2.24) is 0 Å². The molecule has 4 rings (SSSR count). The van der Waals surface area contributed by atoms with Gasteiger partial charge in [-0.1, -0.05) is 30.3 Å². The zero-order valence-electron chi connectivity index (χ0n) is 11.8. The molecule has 0 spiro atoms. The van der Waals surface area contributed by atoms with Gasteiger partial charge in [0.2, 0.25) is 0 Å². The maximum absolute atomic E-state index is 12.2. The molecule has 1 atom stereocenters. The summed E-state index contributed by atoms with van der Waals surface area (Å²) in [6.07, 6.45) is 0.193. The van der Waals surface area contributed by atoms with Crippen molar-refractivity contribution in [3.8, 4) is 17.1 Å². The molecule has 3 aromatic rings. The second-order valence-corrected chi connectivity index (χ2v) is 5.27. The highest BCUT2D eigenvalue weighted by Gasteiger charge is 2.23. The van der Waals surface area contributed by atoms with Gasteiger partial charge in [0.05, 0.1) is 12.0 Å². The van der Waals surface area contributed by atoms with Crippen LogP contribution < -0.4 is 10.2 Å². The summed E-state index contributed by atoms with van der Waals surface area (Å²) in [5, 5.41) is 0.551. The topological polar surface area (TPSA) is 52.0 Å². The number of epoxide rings is 1. The van der Waals surface area contributed by atoms with E-state index in [4.69, 9.17) is 13.9 Å². The zero-order valence-corrected chi connectivity index (χ0v) is 11.8. The van der Waals surface area contributed by atoms with Crippen molar-refractivity contribution in [2.24, 2.45) is 0 Å². The van der Waals surface area contributed by atoms with Gasteiger partial charge in [-0.2, -0.15) is 0 Å². The largest absolute Gasteiger partial charge is 0.491 e. The van der Waals surface area contributed by atoms with Crippen LogP contribution in [0.2, 0.25) is 0 Å². The molecule has 0 radical (unpaired) electrons. The molecule has 0 bridgehead atoms. The summed E-state index contributed by atoms with van der Waals surface area (Å²) in [6.45, 7) is 1.27. The van der Waals surface area contributed by atoms with Gasteiger partial charge in [-0.05, 0) is 12.1 Å². The Hall–Kier alpha value is -2.59. The third-order valence-electron chi connectivity index (χ3n) is 3.60. The molecule has 0 amide bonds. The average Bonchev–Trinajstić information content (AvgIpc) is 3.38. The fourth-order valence-electron chi connectivity index (χ4n) is 2.32. The molecule has 4 nitrogen and oxygen atoms in total. The molecule has 0 saturated carbocycles. The standard InChI is InChI=1S/C18H14O4/c19-16-9-17(12-4-2-1-3-5-12)22-18-8-13(6-7-15(16)18)20-10-14-11-21-14/h1-9,14H,10-11H2. The molecule has 0 N–H and O–H groups in total. The van der Waals surface area contributed by atoms with E-state index in [-0.39, 0.29) is 11.5 Å². The second-order valence-electron chi connectivity index (χ2n) is 5.27. The Morgan fingerprint density at radius 2 is 1.91 bits per heavy atom. The number of ether oxygens (including phenoxy) is 2. The minimum atomic E-state index is -0.0582. The average molecular weight is 294 g/mol. The van der Waals surface area contributed by atoms with Gasteiger partial charge >= 0.3 is 0 Å². The van der Waals surface area contributed by atoms with Gasteiger partial charge in [0.25, 0.3) is 0 Å². The SMILES string of the molecule is O=c1cc(-c2ccccc2)oc2cc(OCC3CO3)ccc12. The first-order valence-electron chi connectivity index (χ1n) is 7.17. The first-order valence-corrected chi connectivity index (χ1v) is 7.17. The van der Waals surface area contributed by atoms with Crippen LogP contribution >= 0.6 is 0 Å². The number of benzene rings is 2. The second kappa shape index (κ2) is 5.31. The van der Waals surface area contributed by atoms with Crippen LogP contribution in [0.5, 0.6) is 5.75 Å². The molecule has 2 aromatic carbocycles. The molecule has 1 aliphatic rings. The van der Waals surface area contributed by atoms with E-state index in [1.165, 1.54) is 6.07 Å². The van der Waals surface area contributed by atoms with Gasteiger partial charge in [-0.25, -0.2) is 0 Å². The van der Waals surface area contributed by atoms with E-state index in [1.54, 1.807) is 18.2 Å². The van der Waals surface area contributed by atoms with E-state index in [1.807, 2.05) is 30.3 Å². The summed E-state index contributed by atoms with van der Waals surface area (Å²) < 4.78 is 16.6. The quantitative estimate of drug-likeness (QED) is 0.693.